The Balaban J connectivity index is 1.13. The van der Waals surface area contributed by atoms with Gasteiger partial charge >= 0.3 is 0 Å². The lowest BCUT2D eigenvalue weighted by atomic mass is 9.94. The quantitative estimate of drug-likeness (QED) is 0.175. The van der Waals surface area contributed by atoms with E-state index in [9.17, 15) is 0 Å². The van der Waals surface area contributed by atoms with E-state index in [1.807, 2.05) is 48.5 Å². The minimum Gasteiger partial charge on any atom is -0.456 e. The summed E-state index contributed by atoms with van der Waals surface area (Å²) in [5, 5.41) is 8.22. The van der Waals surface area contributed by atoms with Crippen molar-refractivity contribution in [1.82, 2.24) is 19.9 Å². The van der Waals surface area contributed by atoms with Gasteiger partial charge < -0.3 is 8.83 Å². The zero-order valence-electron chi connectivity index (χ0n) is 30.9. The van der Waals surface area contributed by atoms with Gasteiger partial charge in [0, 0.05) is 27.6 Å². The fourth-order valence-electron chi connectivity index (χ4n) is 8.51. The van der Waals surface area contributed by atoms with Gasteiger partial charge in [-0.3, -0.25) is 0 Å². The molecule has 0 fully saturated rings. The normalized spacial score (nSPS) is 11.8. The van der Waals surface area contributed by atoms with Crippen molar-refractivity contribution in [1.29, 1.82) is 0 Å². The van der Waals surface area contributed by atoms with Crippen LogP contribution in [0.5, 0.6) is 0 Å². The van der Waals surface area contributed by atoms with E-state index in [1.54, 1.807) is 0 Å². The van der Waals surface area contributed by atoms with Crippen LogP contribution in [0.3, 0.4) is 0 Å². The molecule has 0 spiro atoms. The molecule has 0 amide bonds. The van der Waals surface area contributed by atoms with Crippen LogP contribution >= 0.6 is 0 Å². The Morgan fingerprint density at radius 1 is 0.328 bits per heavy atom. The fourth-order valence-corrected chi connectivity index (χ4v) is 8.51. The molecule has 0 bridgehead atoms. The molecule has 0 saturated heterocycles. The average Bonchev–Trinajstić information content (AvgIpc) is 3.91. The SMILES string of the molecule is c1ccc(-c2nc3ccc4oc5cc(-c6nc(-c7cccc8ccccc78)nc(-c7ccc(-c8ccccc8)c8ccccc78)n6)c6ccccc6c5c4c3o2)cc1. The minimum absolute atomic E-state index is 0.555. The molecule has 0 aliphatic carbocycles. The van der Waals surface area contributed by atoms with E-state index in [4.69, 9.17) is 28.8 Å². The predicted molar refractivity (Wildman–Crippen MR) is 234 cm³/mol. The maximum atomic E-state index is 6.69. The number of oxazole rings is 1. The first-order valence-corrected chi connectivity index (χ1v) is 19.3. The first-order chi connectivity index (χ1) is 28.7. The number of hydrogen-bond acceptors (Lipinski definition) is 6. The van der Waals surface area contributed by atoms with E-state index in [0.717, 1.165) is 87.6 Å². The molecule has 58 heavy (non-hydrogen) atoms. The maximum absolute atomic E-state index is 6.69. The van der Waals surface area contributed by atoms with Gasteiger partial charge in [0.2, 0.25) is 5.89 Å². The summed E-state index contributed by atoms with van der Waals surface area (Å²) in [5.41, 5.74) is 8.83. The Morgan fingerprint density at radius 2 is 0.879 bits per heavy atom. The summed E-state index contributed by atoms with van der Waals surface area (Å²) in [6.45, 7) is 0. The van der Waals surface area contributed by atoms with Crippen molar-refractivity contribution >= 4 is 65.4 Å². The Morgan fingerprint density at radius 3 is 1.62 bits per heavy atom. The number of rotatable bonds is 5. The summed E-state index contributed by atoms with van der Waals surface area (Å²) in [4.78, 5) is 20.8. The van der Waals surface area contributed by atoms with Crippen LogP contribution in [0.25, 0.3) is 122 Å². The number of aromatic nitrogens is 4. The molecule has 0 aliphatic rings. The van der Waals surface area contributed by atoms with E-state index in [-0.39, 0.29) is 0 Å². The molecule has 9 aromatic carbocycles. The molecule has 3 aromatic heterocycles. The van der Waals surface area contributed by atoms with Crippen molar-refractivity contribution in [2.45, 2.75) is 0 Å². The summed E-state index contributed by atoms with van der Waals surface area (Å²) in [5.74, 6) is 2.31. The second-order valence-corrected chi connectivity index (χ2v) is 14.5. The molecular weight excluding hydrogens is 713 g/mol. The molecule has 0 aliphatic heterocycles. The third-order valence-corrected chi connectivity index (χ3v) is 11.2. The van der Waals surface area contributed by atoms with Gasteiger partial charge in [-0.15, -0.1) is 0 Å². The molecule has 270 valence electrons. The van der Waals surface area contributed by atoms with Crippen LogP contribution in [0.1, 0.15) is 0 Å². The third kappa shape index (κ3) is 5.05. The van der Waals surface area contributed by atoms with Crippen LogP contribution in [-0.4, -0.2) is 19.9 Å². The van der Waals surface area contributed by atoms with E-state index >= 15 is 0 Å². The van der Waals surface area contributed by atoms with Gasteiger partial charge in [-0.1, -0.05) is 146 Å². The number of furan rings is 1. The standard InChI is InChI=1S/C52H30N4O2/c1-3-14-31(15-4-1)35-26-27-41(37-22-10-9-21-36(35)37)50-54-49(40-25-13-19-32-16-7-8-20-34(32)40)55-51(56-50)42-30-45-46(39-24-12-11-23-38(39)42)47-44(57-45)29-28-43-48(47)58-52(53-43)33-17-5-2-6-18-33/h1-30H. The van der Waals surface area contributed by atoms with E-state index in [1.165, 1.54) is 0 Å². The van der Waals surface area contributed by atoms with Crippen molar-refractivity contribution in [2.75, 3.05) is 0 Å². The van der Waals surface area contributed by atoms with Gasteiger partial charge in [-0.05, 0) is 79.8 Å². The molecule has 0 saturated carbocycles. The Hall–Kier alpha value is -7.96. The van der Waals surface area contributed by atoms with Gasteiger partial charge in [-0.25, -0.2) is 19.9 Å². The smallest absolute Gasteiger partial charge is 0.227 e. The Kier molecular flexibility index (Phi) is 7.13. The van der Waals surface area contributed by atoms with E-state index in [2.05, 4.69) is 133 Å². The van der Waals surface area contributed by atoms with Crippen LogP contribution in [0, 0.1) is 0 Å². The minimum atomic E-state index is 0.555. The zero-order valence-corrected chi connectivity index (χ0v) is 30.9. The van der Waals surface area contributed by atoms with Crippen LogP contribution in [0.2, 0.25) is 0 Å². The monoisotopic (exact) mass is 742 g/mol. The van der Waals surface area contributed by atoms with Crippen LogP contribution in [-0.2, 0) is 0 Å². The molecule has 12 aromatic rings. The molecule has 0 unspecified atom stereocenters. The van der Waals surface area contributed by atoms with Crippen molar-refractivity contribution in [2.24, 2.45) is 0 Å². The second kappa shape index (κ2) is 12.8. The lowest BCUT2D eigenvalue weighted by Gasteiger charge is -2.14. The van der Waals surface area contributed by atoms with E-state index < -0.39 is 0 Å². The van der Waals surface area contributed by atoms with Crippen molar-refractivity contribution < 1.29 is 8.83 Å². The highest BCUT2D eigenvalue weighted by atomic mass is 16.4. The lowest BCUT2D eigenvalue weighted by Crippen LogP contribution is -2.01. The molecule has 3 heterocycles. The van der Waals surface area contributed by atoms with Crippen molar-refractivity contribution in [3.63, 3.8) is 0 Å². The molecule has 0 atom stereocenters. The predicted octanol–water partition coefficient (Wildman–Crippen LogP) is 13.7. The number of hydrogen-bond donors (Lipinski definition) is 0. The fraction of sp³-hybridized carbons (Fsp3) is 0. The van der Waals surface area contributed by atoms with Crippen LogP contribution in [0.4, 0.5) is 0 Å². The van der Waals surface area contributed by atoms with Gasteiger partial charge in [0.15, 0.2) is 23.1 Å². The van der Waals surface area contributed by atoms with Crippen molar-refractivity contribution in [3.8, 4) is 56.7 Å². The first kappa shape index (κ1) is 32.3. The van der Waals surface area contributed by atoms with Crippen LogP contribution < -0.4 is 0 Å². The Bertz CT molecular complexity index is 3570. The summed E-state index contributed by atoms with van der Waals surface area (Å²) < 4.78 is 13.2. The Labute approximate surface area is 331 Å². The van der Waals surface area contributed by atoms with Gasteiger partial charge in [0.25, 0.3) is 0 Å². The molecule has 0 radical (unpaired) electrons. The largest absolute Gasteiger partial charge is 0.456 e. The highest BCUT2D eigenvalue weighted by Crippen LogP contribution is 2.44. The number of benzene rings is 9. The average molecular weight is 743 g/mol. The second-order valence-electron chi connectivity index (χ2n) is 14.5. The first-order valence-electron chi connectivity index (χ1n) is 19.3. The lowest BCUT2D eigenvalue weighted by molar-refractivity contribution is 0.622. The van der Waals surface area contributed by atoms with Gasteiger partial charge in [0.05, 0.1) is 5.39 Å². The molecule has 6 heteroatoms. The zero-order chi connectivity index (χ0) is 38.2. The number of fused-ring (bicyclic) bond motifs is 9. The molecule has 12 rings (SSSR count). The van der Waals surface area contributed by atoms with E-state index in [0.29, 0.717) is 34.5 Å². The maximum Gasteiger partial charge on any atom is 0.227 e. The summed E-state index contributed by atoms with van der Waals surface area (Å²) in [6, 6.07) is 62.3. The van der Waals surface area contributed by atoms with Crippen LogP contribution in [0.15, 0.2) is 191 Å². The van der Waals surface area contributed by atoms with Crippen molar-refractivity contribution in [3.05, 3.63) is 182 Å². The molecule has 6 nitrogen and oxygen atoms in total. The topological polar surface area (TPSA) is 77.8 Å². The van der Waals surface area contributed by atoms with Gasteiger partial charge in [-0.2, -0.15) is 0 Å². The molecule has 0 N–H and O–H groups in total. The summed E-state index contributed by atoms with van der Waals surface area (Å²) in [6.07, 6.45) is 0. The highest BCUT2D eigenvalue weighted by molar-refractivity contribution is 6.27. The summed E-state index contributed by atoms with van der Waals surface area (Å²) >= 11 is 0. The highest BCUT2D eigenvalue weighted by Gasteiger charge is 2.23. The number of nitrogens with zero attached hydrogens (tertiary/aromatic N) is 4. The molecular formula is C52H30N4O2. The summed E-state index contributed by atoms with van der Waals surface area (Å²) in [7, 11) is 0. The third-order valence-electron chi connectivity index (χ3n) is 11.2. The van der Waals surface area contributed by atoms with Gasteiger partial charge in [0.1, 0.15) is 16.7 Å².